The van der Waals surface area contributed by atoms with Crippen LogP contribution in [-0.4, -0.2) is 24.2 Å². The molecule has 0 aliphatic heterocycles. The Kier molecular flexibility index (Phi) is 28.0. The molecule has 29 heavy (non-hydrogen) atoms. The molecule has 1 N–H and O–H groups in total. The summed E-state index contributed by atoms with van der Waals surface area (Å²) in [6.07, 6.45) is 23.6. The number of carbonyl (C=O) groups is 2. The molecule has 0 amide bonds. The maximum absolute atomic E-state index is 10.8. The van der Waals surface area contributed by atoms with Crippen molar-refractivity contribution in [1.29, 1.82) is 0 Å². The van der Waals surface area contributed by atoms with Gasteiger partial charge < -0.3 is 9.84 Å². The van der Waals surface area contributed by atoms with E-state index in [1.54, 1.807) is 0 Å². The summed E-state index contributed by atoms with van der Waals surface area (Å²) in [7, 11) is 1.45. The van der Waals surface area contributed by atoms with E-state index in [1.165, 1.54) is 103 Å². The minimum Gasteiger partial charge on any atom is -0.481 e. The lowest BCUT2D eigenvalue weighted by Crippen LogP contribution is -1.99. The molecular weight excluding hydrogens is 364 g/mol. The third-order valence-electron chi connectivity index (χ3n) is 5.21. The molecule has 0 saturated heterocycles. The number of methoxy groups -OCH3 is 1. The van der Waals surface area contributed by atoms with Crippen molar-refractivity contribution in [2.45, 2.75) is 142 Å². The van der Waals surface area contributed by atoms with Gasteiger partial charge in [0.05, 0.1) is 7.11 Å². The zero-order valence-electron chi connectivity index (χ0n) is 19.8. The van der Waals surface area contributed by atoms with Crippen molar-refractivity contribution >= 4 is 11.9 Å². The van der Waals surface area contributed by atoms with E-state index in [9.17, 15) is 9.59 Å². The number of hydrogen-bond donors (Lipinski definition) is 1. The number of unbranched alkanes of at least 4 members (excludes halogenated alkanes) is 16. The monoisotopic (exact) mass is 414 g/mol. The van der Waals surface area contributed by atoms with Gasteiger partial charge in [-0.05, 0) is 12.8 Å². The molecule has 0 aromatic carbocycles. The summed E-state index contributed by atoms with van der Waals surface area (Å²) in [4.78, 5) is 21.0. The van der Waals surface area contributed by atoms with Crippen LogP contribution in [0.25, 0.3) is 0 Å². The second-order valence-corrected chi connectivity index (χ2v) is 8.13. The lowest BCUT2D eigenvalue weighted by atomic mass is 10.1. The molecule has 0 heterocycles. The highest BCUT2D eigenvalue weighted by Gasteiger charge is 1.99. The number of aliphatic carboxylic acids is 1. The number of esters is 1. The number of ether oxygens (including phenoxy) is 1. The zero-order chi connectivity index (χ0) is 22.0. The van der Waals surface area contributed by atoms with Gasteiger partial charge in [-0.3, -0.25) is 9.59 Å². The van der Waals surface area contributed by atoms with Crippen molar-refractivity contribution in [1.82, 2.24) is 0 Å². The first-order chi connectivity index (χ1) is 14.1. The molecule has 0 unspecified atom stereocenters. The molecule has 4 heteroatoms. The minimum absolute atomic E-state index is 0.0713. The van der Waals surface area contributed by atoms with Crippen molar-refractivity contribution in [3.05, 3.63) is 0 Å². The highest BCUT2D eigenvalue weighted by molar-refractivity contribution is 5.69. The Morgan fingerprint density at radius 2 is 0.862 bits per heavy atom. The number of carboxylic acid groups (broad SMARTS) is 1. The van der Waals surface area contributed by atoms with Crippen molar-refractivity contribution < 1.29 is 19.4 Å². The molecule has 174 valence electrons. The topological polar surface area (TPSA) is 63.6 Å². The molecule has 4 nitrogen and oxygen atoms in total. The van der Waals surface area contributed by atoms with E-state index < -0.39 is 5.97 Å². The Balaban J connectivity index is 0. The van der Waals surface area contributed by atoms with Gasteiger partial charge in [0.15, 0.2) is 0 Å². The van der Waals surface area contributed by atoms with E-state index in [1.807, 2.05) is 0 Å². The lowest BCUT2D eigenvalue weighted by Gasteiger charge is -2.01. The van der Waals surface area contributed by atoms with Gasteiger partial charge in [-0.2, -0.15) is 0 Å². The van der Waals surface area contributed by atoms with E-state index >= 15 is 0 Å². The van der Waals surface area contributed by atoms with Crippen LogP contribution in [0.5, 0.6) is 0 Å². The van der Waals surface area contributed by atoms with Crippen LogP contribution in [0, 0.1) is 0 Å². The quantitative estimate of drug-likeness (QED) is 0.161. The van der Waals surface area contributed by atoms with Crippen LogP contribution in [0.4, 0.5) is 0 Å². The maximum Gasteiger partial charge on any atom is 0.305 e. The average Bonchev–Trinajstić information content (AvgIpc) is 2.71. The van der Waals surface area contributed by atoms with Crippen LogP contribution in [0.3, 0.4) is 0 Å². The molecule has 0 aliphatic rings. The molecule has 0 aliphatic carbocycles. The van der Waals surface area contributed by atoms with Gasteiger partial charge in [0.25, 0.3) is 0 Å². The summed E-state index contributed by atoms with van der Waals surface area (Å²) >= 11 is 0. The van der Waals surface area contributed by atoms with Gasteiger partial charge in [-0.25, -0.2) is 0 Å². The molecule has 0 radical (unpaired) electrons. The van der Waals surface area contributed by atoms with Crippen LogP contribution in [0.2, 0.25) is 0 Å². The Bertz CT molecular complexity index is 342. The molecule has 0 fully saturated rings. The smallest absolute Gasteiger partial charge is 0.305 e. The fraction of sp³-hybridized carbons (Fsp3) is 0.920. The van der Waals surface area contributed by atoms with Gasteiger partial charge in [0, 0.05) is 12.8 Å². The largest absolute Gasteiger partial charge is 0.481 e. The maximum atomic E-state index is 10.8. The van der Waals surface area contributed by atoms with Crippen molar-refractivity contribution in [3.8, 4) is 0 Å². The van der Waals surface area contributed by atoms with Gasteiger partial charge in [0.2, 0.25) is 0 Å². The molecule has 0 aromatic rings. The van der Waals surface area contributed by atoms with Gasteiger partial charge in [-0.15, -0.1) is 0 Å². The summed E-state index contributed by atoms with van der Waals surface area (Å²) < 4.78 is 4.58. The Hall–Kier alpha value is -1.06. The fourth-order valence-corrected chi connectivity index (χ4v) is 3.27. The lowest BCUT2D eigenvalue weighted by molar-refractivity contribution is -0.141. The van der Waals surface area contributed by atoms with E-state index in [-0.39, 0.29) is 5.97 Å². The van der Waals surface area contributed by atoms with Crippen LogP contribution in [0.15, 0.2) is 0 Å². The normalized spacial score (nSPS) is 10.3. The van der Waals surface area contributed by atoms with E-state index in [2.05, 4.69) is 18.6 Å². The van der Waals surface area contributed by atoms with E-state index in [0.29, 0.717) is 12.8 Å². The van der Waals surface area contributed by atoms with Gasteiger partial charge in [0.1, 0.15) is 0 Å². The van der Waals surface area contributed by atoms with Gasteiger partial charge >= 0.3 is 11.9 Å². The summed E-state index contributed by atoms with van der Waals surface area (Å²) in [6, 6.07) is 0. The molecule has 0 atom stereocenters. The van der Waals surface area contributed by atoms with Crippen molar-refractivity contribution in [2.75, 3.05) is 7.11 Å². The summed E-state index contributed by atoms with van der Waals surface area (Å²) in [5, 5.41) is 8.41. The van der Waals surface area contributed by atoms with Crippen LogP contribution in [-0.2, 0) is 14.3 Å². The van der Waals surface area contributed by atoms with Crippen molar-refractivity contribution in [2.24, 2.45) is 0 Å². The Labute approximate surface area is 181 Å². The molecule has 0 spiro atoms. The summed E-state index contributed by atoms with van der Waals surface area (Å²) in [5.41, 5.74) is 0. The molecular formula is C25H50O4. The second kappa shape index (κ2) is 26.9. The summed E-state index contributed by atoms with van der Waals surface area (Å²) in [6.45, 7) is 4.47. The van der Waals surface area contributed by atoms with Crippen LogP contribution < -0.4 is 0 Å². The van der Waals surface area contributed by atoms with Gasteiger partial charge in [-0.1, -0.05) is 117 Å². The number of hydrogen-bond acceptors (Lipinski definition) is 3. The highest BCUT2D eigenvalue weighted by Crippen LogP contribution is 2.11. The number of carboxylic acids is 1. The molecule has 0 bridgehead atoms. The Morgan fingerprint density at radius 3 is 1.17 bits per heavy atom. The zero-order valence-corrected chi connectivity index (χ0v) is 19.8. The molecule has 0 aromatic heterocycles. The van der Waals surface area contributed by atoms with Crippen molar-refractivity contribution in [3.63, 3.8) is 0 Å². The SMILES string of the molecule is CCCCCCCCCCCC(=O)O.CCCCCCCCCCCC(=O)OC. The average molecular weight is 415 g/mol. The van der Waals surface area contributed by atoms with Crippen LogP contribution in [0.1, 0.15) is 142 Å². The third kappa shape index (κ3) is 31.8. The molecule has 0 saturated carbocycles. The fourth-order valence-electron chi connectivity index (χ4n) is 3.27. The first kappa shape index (κ1) is 30.1. The summed E-state index contributed by atoms with van der Waals surface area (Å²) in [5.74, 6) is -0.731. The Morgan fingerprint density at radius 1 is 0.552 bits per heavy atom. The highest BCUT2D eigenvalue weighted by atomic mass is 16.5. The molecule has 0 rings (SSSR count). The second-order valence-electron chi connectivity index (χ2n) is 8.13. The minimum atomic E-state index is -0.659. The number of carbonyl (C=O) groups excluding carboxylic acids is 1. The van der Waals surface area contributed by atoms with E-state index in [4.69, 9.17) is 5.11 Å². The third-order valence-corrected chi connectivity index (χ3v) is 5.21. The number of rotatable bonds is 20. The van der Waals surface area contributed by atoms with Crippen LogP contribution >= 0.6 is 0 Å². The predicted molar refractivity (Wildman–Crippen MR) is 123 cm³/mol. The standard InChI is InChI=1S/C13H26O2.C12H24O2/c1-3-4-5-6-7-8-9-10-11-12-13(14)15-2;1-2-3-4-5-6-7-8-9-10-11-12(13)14/h3-12H2,1-2H3;2-11H2,1H3,(H,13,14). The first-order valence-electron chi connectivity index (χ1n) is 12.4. The van der Waals surface area contributed by atoms with E-state index in [0.717, 1.165) is 19.3 Å². The predicted octanol–water partition coefficient (Wildman–Crippen LogP) is 8.07. The first-order valence-corrected chi connectivity index (χ1v) is 12.4.